The van der Waals surface area contributed by atoms with Gasteiger partial charge in [-0.1, -0.05) is 33.6 Å². The molecule has 4 unspecified atom stereocenters. The van der Waals surface area contributed by atoms with Gasteiger partial charge in [0.25, 0.3) is 0 Å². The van der Waals surface area contributed by atoms with E-state index in [4.69, 9.17) is 5.11 Å². The highest BCUT2D eigenvalue weighted by Gasteiger charge is 2.33. The van der Waals surface area contributed by atoms with Crippen molar-refractivity contribution in [2.45, 2.75) is 40.0 Å². The number of aliphatic carboxylic acids is 1. The van der Waals surface area contributed by atoms with E-state index in [9.17, 15) is 4.79 Å². The lowest BCUT2D eigenvalue weighted by Crippen LogP contribution is -2.32. The van der Waals surface area contributed by atoms with Gasteiger partial charge in [-0.15, -0.1) is 0 Å². The van der Waals surface area contributed by atoms with E-state index in [1.165, 1.54) is 12.8 Å². The Morgan fingerprint density at radius 2 is 2.00 bits per heavy atom. The lowest BCUT2D eigenvalue weighted by atomic mass is 9.69. The molecule has 1 aliphatic carbocycles. The van der Waals surface area contributed by atoms with E-state index in [1.54, 1.807) is 0 Å². The molecule has 0 aromatic heterocycles. The van der Waals surface area contributed by atoms with Gasteiger partial charge in [0.1, 0.15) is 0 Å². The van der Waals surface area contributed by atoms with Gasteiger partial charge in [0.05, 0.1) is 5.92 Å². The first-order valence-electron chi connectivity index (χ1n) is 5.26. The third kappa shape index (κ3) is 2.23. The van der Waals surface area contributed by atoms with Crippen molar-refractivity contribution in [1.82, 2.24) is 0 Å². The molecular weight excluding hydrogens is 164 g/mol. The summed E-state index contributed by atoms with van der Waals surface area (Å²) in [5.74, 6) is 0.852. The predicted molar refractivity (Wildman–Crippen MR) is 52.5 cm³/mol. The second-order valence-corrected chi connectivity index (χ2v) is 4.56. The minimum absolute atomic E-state index is 0.169. The van der Waals surface area contributed by atoms with Crippen LogP contribution < -0.4 is 0 Å². The van der Waals surface area contributed by atoms with Crippen LogP contribution in [0.1, 0.15) is 40.0 Å². The Hall–Kier alpha value is -0.530. The van der Waals surface area contributed by atoms with Gasteiger partial charge in [-0.3, -0.25) is 4.79 Å². The number of hydrogen-bond acceptors (Lipinski definition) is 1. The minimum atomic E-state index is -0.633. The van der Waals surface area contributed by atoms with Crippen molar-refractivity contribution < 1.29 is 9.90 Å². The third-order valence-electron chi connectivity index (χ3n) is 3.80. The molecule has 0 radical (unpaired) electrons. The molecule has 0 aromatic carbocycles. The summed E-state index contributed by atoms with van der Waals surface area (Å²) in [5.41, 5.74) is 0. The quantitative estimate of drug-likeness (QED) is 0.716. The second-order valence-electron chi connectivity index (χ2n) is 4.56. The summed E-state index contributed by atoms with van der Waals surface area (Å²) in [6, 6.07) is 0. The van der Waals surface area contributed by atoms with Gasteiger partial charge in [-0.05, 0) is 24.2 Å². The van der Waals surface area contributed by atoms with Crippen LogP contribution in [0.2, 0.25) is 0 Å². The minimum Gasteiger partial charge on any atom is -0.481 e. The Morgan fingerprint density at radius 3 is 2.54 bits per heavy atom. The van der Waals surface area contributed by atoms with Crippen LogP contribution >= 0.6 is 0 Å². The van der Waals surface area contributed by atoms with Crippen LogP contribution in [0, 0.1) is 23.7 Å². The van der Waals surface area contributed by atoms with Crippen molar-refractivity contribution in [3.8, 4) is 0 Å². The highest BCUT2D eigenvalue weighted by molar-refractivity contribution is 5.69. The van der Waals surface area contributed by atoms with Crippen molar-refractivity contribution in [2.75, 3.05) is 0 Å². The van der Waals surface area contributed by atoms with Crippen LogP contribution in [0.4, 0.5) is 0 Å². The first-order chi connectivity index (χ1) is 6.04. The van der Waals surface area contributed by atoms with Crippen molar-refractivity contribution >= 4 is 5.97 Å². The zero-order valence-electron chi connectivity index (χ0n) is 8.79. The summed E-state index contributed by atoms with van der Waals surface area (Å²) in [7, 11) is 0. The highest BCUT2D eigenvalue weighted by atomic mass is 16.4. The molecule has 2 heteroatoms. The van der Waals surface area contributed by atoms with Crippen LogP contribution in [-0.2, 0) is 4.79 Å². The molecule has 2 nitrogen and oxygen atoms in total. The van der Waals surface area contributed by atoms with Crippen LogP contribution in [-0.4, -0.2) is 11.1 Å². The molecular formula is C11H20O2. The largest absolute Gasteiger partial charge is 0.481 e. The van der Waals surface area contributed by atoms with Crippen molar-refractivity contribution in [3.63, 3.8) is 0 Å². The first kappa shape index (κ1) is 10.6. The van der Waals surface area contributed by atoms with Crippen LogP contribution in [0.25, 0.3) is 0 Å². The van der Waals surface area contributed by atoms with Gasteiger partial charge in [-0.25, -0.2) is 0 Å². The number of carboxylic acid groups (broad SMARTS) is 1. The number of carboxylic acids is 1. The highest BCUT2D eigenvalue weighted by Crippen LogP contribution is 2.38. The van der Waals surface area contributed by atoms with E-state index in [0.29, 0.717) is 17.8 Å². The molecule has 0 bridgehead atoms. The van der Waals surface area contributed by atoms with Gasteiger partial charge in [-0.2, -0.15) is 0 Å². The SMILES string of the molecule is CC1CCCC(C(C)C(=O)O)C1C. The van der Waals surface area contributed by atoms with Crippen molar-refractivity contribution in [1.29, 1.82) is 0 Å². The number of rotatable bonds is 2. The fourth-order valence-corrected chi connectivity index (χ4v) is 2.51. The van der Waals surface area contributed by atoms with E-state index in [1.807, 2.05) is 6.92 Å². The Balaban J connectivity index is 2.62. The van der Waals surface area contributed by atoms with E-state index >= 15 is 0 Å². The number of hydrogen-bond donors (Lipinski definition) is 1. The van der Waals surface area contributed by atoms with Gasteiger partial charge in [0, 0.05) is 0 Å². The lowest BCUT2D eigenvalue weighted by molar-refractivity contribution is -0.144. The van der Waals surface area contributed by atoms with Gasteiger partial charge in [0.15, 0.2) is 0 Å². The van der Waals surface area contributed by atoms with Gasteiger partial charge >= 0.3 is 5.97 Å². The molecule has 0 aliphatic heterocycles. The zero-order valence-corrected chi connectivity index (χ0v) is 8.79. The average molecular weight is 184 g/mol. The smallest absolute Gasteiger partial charge is 0.306 e. The van der Waals surface area contributed by atoms with Gasteiger partial charge in [0.2, 0.25) is 0 Å². The second kappa shape index (κ2) is 4.12. The molecule has 0 aromatic rings. The Morgan fingerprint density at radius 1 is 1.38 bits per heavy atom. The van der Waals surface area contributed by atoms with E-state index in [2.05, 4.69) is 13.8 Å². The maximum Gasteiger partial charge on any atom is 0.306 e. The van der Waals surface area contributed by atoms with E-state index < -0.39 is 5.97 Å². The van der Waals surface area contributed by atoms with Crippen molar-refractivity contribution in [3.05, 3.63) is 0 Å². The average Bonchev–Trinajstić information content (AvgIpc) is 2.08. The van der Waals surface area contributed by atoms with E-state index in [-0.39, 0.29) is 5.92 Å². The topological polar surface area (TPSA) is 37.3 Å². The van der Waals surface area contributed by atoms with E-state index in [0.717, 1.165) is 6.42 Å². The van der Waals surface area contributed by atoms with Gasteiger partial charge < -0.3 is 5.11 Å². The molecule has 0 amide bonds. The first-order valence-corrected chi connectivity index (χ1v) is 5.26. The summed E-state index contributed by atoms with van der Waals surface area (Å²) in [5, 5.41) is 8.94. The fraction of sp³-hybridized carbons (Fsp3) is 0.909. The maximum atomic E-state index is 10.9. The standard InChI is InChI=1S/C11H20O2/c1-7-5-4-6-10(8(7)2)9(3)11(12)13/h7-10H,4-6H2,1-3H3,(H,12,13). The number of carbonyl (C=O) groups is 1. The molecule has 1 fully saturated rings. The molecule has 1 N–H and O–H groups in total. The fourth-order valence-electron chi connectivity index (χ4n) is 2.51. The summed E-state index contributed by atoms with van der Waals surface area (Å²) < 4.78 is 0. The predicted octanol–water partition coefficient (Wildman–Crippen LogP) is 2.78. The molecule has 76 valence electrons. The maximum absolute atomic E-state index is 10.9. The third-order valence-corrected chi connectivity index (χ3v) is 3.80. The summed E-state index contributed by atoms with van der Waals surface area (Å²) in [6.45, 7) is 6.29. The molecule has 1 rings (SSSR count). The van der Waals surface area contributed by atoms with Crippen LogP contribution in [0.3, 0.4) is 0 Å². The Labute approximate surface area is 80.3 Å². The molecule has 0 saturated heterocycles. The normalized spacial score (nSPS) is 37.0. The molecule has 13 heavy (non-hydrogen) atoms. The Bertz CT molecular complexity index is 189. The van der Waals surface area contributed by atoms with Crippen molar-refractivity contribution in [2.24, 2.45) is 23.7 Å². The molecule has 4 atom stereocenters. The summed E-state index contributed by atoms with van der Waals surface area (Å²) in [4.78, 5) is 10.9. The molecule has 0 spiro atoms. The Kier molecular flexibility index (Phi) is 3.34. The lowest BCUT2D eigenvalue weighted by Gasteiger charge is -2.36. The molecule has 1 saturated carbocycles. The zero-order chi connectivity index (χ0) is 10.0. The monoisotopic (exact) mass is 184 g/mol. The van der Waals surface area contributed by atoms with Crippen LogP contribution in [0.5, 0.6) is 0 Å². The van der Waals surface area contributed by atoms with Crippen LogP contribution in [0.15, 0.2) is 0 Å². The summed E-state index contributed by atoms with van der Waals surface area (Å²) >= 11 is 0. The molecule has 1 aliphatic rings. The molecule has 0 heterocycles. The summed E-state index contributed by atoms with van der Waals surface area (Å²) in [6.07, 6.45) is 3.57.